The molecule has 1 fully saturated rings. The Morgan fingerprint density at radius 2 is 1.78 bits per heavy atom. The molecule has 1 heterocycles. The number of nitrogens with zero attached hydrogens (tertiary/aromatic N) is 3. The van der Waals surface area contributed by atoms with Crippen molar-refractivity contribution < 1.29 is 14.0 Å². The molecule has 0 atom stereocenters. The van der Waals surface area contributed by atoms with Crippen LogP contribution in [0, 0.1) is 5.82 Å². The van der Waals surface area contributed by atoms with Gasteiger partial charge >= 0.3 is 0 Å². The molecule has 4 rings (SSSR count). The van der Waals surface area contributed by atoms with Crippen molar-refractivity contribution in [2.24, 2.45) is 0 Å². The van der Waals surface area contributed by atoms with Crippen molar-refractivity contribution in [3.8, 4) is 0 Å². The lowest BCUT2D eigenvalue weighted by atomic mass is 9.95. The molecular weight excluding hydrogens is 427 g/mol. The number of hydrogen-bond acceptors (Lipinski definition) is 5. The second-order valence-corrected chi connectivity index (χ2v) is 9.01. The quantitative estimate of drug-likeness (QED) is 0.545. The van der Waals surface area contributed by atoms with E-state index in [1.807, 2.05) is 29.2 Å². The van der Waals surface area contributed by atoms with E-state index in [4.69, 9.17) is 0 Å². The number of carbonyl (C=O) groups excluding carboxylic acids is 2. The zero-order valence-corrected chi connectivity index (χ0v) is 19.3. The number of thiazole rings is 1. The molecule has 0 spiro atoms. The van der Waals surface area contributed by atoms with Gasteiger partial charge in [0.1, 0.15) is 12.4 Å². The summed E-state index contributed by atoms with van der Waals surface area (Å²) in [7, 11) is 3.38. The van der Waals surface area contributed by atoms with Crippen LogP contribution in [0.25, 0.3) is 10.2 Å². The summed E-state index contributed by atoms with van der Waals surface area (Å²) in [6.07, 6.45) is 6.43. The molecule has 1 N–H and O–H groups in total. The van der Waals surface area contributed by atoms with E-state index >= 15 is 0 Å². The second kappa shape index (κ2) is 11.6. The molecule has 2 amide bonds. The summed E-state index contributed by atoms with van der Waals surface area (Å²) >= 11 is 1.53. The smallest absolute Gasteiger partial charge is 0.240 e. The molecule has 0 saturated heterocycles. The molecule has 1 aliphatic rings. The number of rotatable bonds is 6. The van der Waals surface area contributed by atoms with Crippen LogP contribution in [0.5, 0.6) is 0 Å². The predicted octanol–water partition coefficient (Wildman–Crippen LogP) is 4.73. The second-order valence-electron chi connectivity index (χ2n) is 8.00. The average Bonchev–Trinajstić information content (AvgIpc) is 3.23. The number of fused-ring (bicyclic) bond motifs is 1. The standard InChI is InChI=1S/C21H22FN3OS.C3H7NO/c22-15-10-12-17(13-11-15)25(14-20(26)23-16-6-2-1-3-7-16)21-24-18-8-4-5-9-19(18)27-21;1-4(2)3-5/h4-5,8-13,16H,1-3,6-7,14H2,(H,23,26);3H,1-2H3. The highest BCUT2D eigenvalue weighted by molar-refractivity contribution is 7.22. The maximum Gasteiger partial charge on any atom is 0.240 e. The summed E-state index contributed by atoms with van der Waals surface area (Å²) in [6.45, 7) is 0.169. The molecule has 0 aliphatic heterocycles. The maximum absolute atomic E-state index is 13.4. The number of anilines is 2. The summed E-state index contributed by atoms with van der Waals surface area (Å²) < 4.78 is 14.4. The Bertz CT molecular complexity index is 983. The van der Waals surface area contributed by atoms with Gasteiger partial charge in [0.05, 0.1) is 10.2 Å². The van der Waals surface area contributed by atoms with E-state index < -0.39 is 0 Å². The van der Waals surface area contributed by atoms with Crippen LogP contribution in [0.3, 0.4) is 0 Å². The first-order valence-electron chi connectivity index (χ1n) is 10.8. The van der Waals surface area contributed by atoms with Gasteiger partial charge in [-0.1, -0.05) is 42.7 Å². The molecule has 2 aromatic carbocycles. The van der Waals surface area contributed by atoms with Crippen molar-refractivity contribution in [1.82, 2.24) is 15.2 Å². The zero-order chi connectivity index (χ0) is 22.9. The van der Waals surface area contributed by atoms with Gasteiger partial charge in [-0.15, -0.1) is 0 Å². The van der Waals surface area contributed by atoms with Crippen molar-refractivity contribution >= 4 is 44.7 Å². The van der Waals surface area contributed by atoms with E-state index in [9.17, 15) is 14.0 Å². The zero-order valence-electron chi connectivity index (χ0n) is 18.5. The van der Waals surface area contributed by atoms with E-state index in [-0.39, 0.29) is 24.3 Å². The first kappa shape index (κ1) is 23.7. The highest BCUT2D eigenvalue weighted by Crippen LogP contribution is 2.33. The molecule has 32 heavy (non-hydrogen) atoms. The molecule has 0 radical (unpaired) electrons. The molecule has 1 saturated carbocycles. The van der Waals surface area contributed by atoms with Crippen LogP contribution in [0.1, 0.15) is 32.1 Å². The van der Waals surface area contributed by atoms with E-state index in [0.717, 1.165) is 40.3 Å². The van der Waals surface area contributed by atoms with Crippen LogP contribution in [0.15, 0.2) is 48.5 Å². The summed E-state index contributed by atoms with van der Waals surface area (Å²) in [4.78, 5) is 30.1. The van der Waals surface area contributed by atoms with Crippen LogP contribution < -0.4 is 10.2 Å². The van der Waals surface area contributed by atoms with E-state index in [2.05, 4.69) is 10.3 Å². The number of halogens is 1. The predicted molar refractivity (Wildman–Crippen MR) is 128 cm³/mol. The molecule has 170 valence electrons. The molecule has 6 nitrogen and oxygen atoms in total. The van der Waals surface area contributed by atoms with Gasteiger partial charge in [0.2, 0.25) is 12.3 Å². The first-order valence-corrected chi connectivity index (χ1v) is 11.6. The fourth-order valence-corrected chi connectivity index (χ4v) is 4.52. The summed E-state index contributed by atoms with van der Waals surface area (Å²) in [6, 6.07) is 14.4. The molecule has 0 bridgehead atoms. The average molecular weight is 457 g/mol. The summed E-state index contributed by atoms with van der Waals surface area (Å²) in [5, 5.41) is 3.89. The maximum atomic E-state index is 13.4. The highest BCUT2D eigenvalue weighted by atomic mass is 32.1. The third-order valence-electron chi connectivity index (χ3n) is 5.13. The van der Waals surface area contributed by atoms with Crippen LogP contribution in [-0.4, -0.2) is 48.9 Å². The Hall–Kier alpha value is -3.00. The normalized spacial score (nSPS) is 13.7. The number of carbonyl (C=O) groups is 2. The van der Waals surface area contributed by atoms with E-state index in [1.165, 1.54) is 47.6 Å². The van der Waals surface area contributed by atoms with Crippen molar-refractivity contribution in [1.29, 1.82) is 0 Å². The number of benzene rings is 2. The van der Waals surface area contributed by atoms with Crippen molar-refractivity contribution in [3.63, 3.8) is 0 Å². The molecular formula is C24H29FN4O2S. The van der Waals surface area contributed by atoms with Gasteiger partial charge in [0, 0.05) is 25.8 Å². The van der Waals surface area contributed by atoms with Crippen molar-refractivity contribution in [2.45, 2.75) is 38.1 Å². The van der Waals surface area contributed by atoms with Gasteiger partial charge < -0.3 is 15.1 Å². The monoisotopic (exact) mass is 456 g/mol. The Morgan fingerprint density at radius 3 is 2.41 bits per heavy atom. The molecule has 8 heteroatoms. The number of aromatic nitrogens is 1. The topological polar surface area (TPSA) is 65.5 Å². The van der Waals surface area contributed by atoms with E-state index in [0.29, 0.717) is 0 Å². The molecule has 1 aliphatic carbocycles. The van der Waals surface area contributed by atoms with Gasteiger partial charge in [-0.3, -0.25) is 9.59 Å². The summed E-state index contributed by atoms with van der Waals surface area (Å²) in [5.41, 5.74) is 1.66. The van der Waals surface area contributed by atoms with Gasteiger partial charge in [-0.05, 0) is 49.2 Å². The minimum atomic E-state index is -0.297. The molecule has 1 aromatic heterocycles. The van der Waals surface area contributed by atoms with Crippen LogP contribution in [0.2, 0.25) is 0 Å². The Balaban J connectivity index is 0.000000523. The van der Waals surface area contributed by atoms with Crippen molar-refractivity contribution in [3.05, 3.63) is 54.3 Å². The largest absolute Gasteiger partial charge is 0.352 e. The van der Waals surface area contributed by atoms with Gasteiger partial charge in [-0.2, -0.15) is 0 Å². The van der Waals surface area contributed by atoms with Crippen LogP contribution in [-0.2, 0) is 9.59 Å². The number of hydrogen-bond donors (Lipinski definition) is 1. The highest BCUT2D eigenvalue weighted by Gasteiger charge is 2.21. The van der Waals surface area contributed by atoms with Gasteiger partial charge in [0.25, 0.3) is 0 Å². The van der Waals surface area contributed by atoms with Gasteiger partial charge in [-0.25, -0.2) is 9.37 Å². The number of nitrogens with one attached hydrogen (secondary N) is 1. The van der Waals surface area contributed by atoms with E-state index in [1.54, 1.807) is 26.2 Å². The summed E-state index contributed by atoms with van der Waals surface area (Å²) in [5.74, 6) is -0.319. The molecule has 3 aromatic rings. The minimum Gasteiger partial charge on any atom is -0.352 e. The Labute approximate surface area is 192 Å². The lowest BCUT2D eigenvalue weighted by Crippen LogP contribution is -2.41. The SMILES string of the molecule is CN(C)C=O.O=C(CN(c1ccc(F)cc1)c1nc2ccccc2s1)NC1CCCCC1. The fraction of sp³-hybridized carbons (Fsp3) is 0.375. The molecule has 0 unspecified atom stereocenters. The minimum absolute atomic E-state index is 0.0227. The Morgan fingerprint density at radius 1 is 1.12 bits per heavy atom. The van der Waals surface area contributed by atoms with Crippen LogP contribution >= 0.6 is 11.3 Å². The lowest BCUT2D eigenvalue weighted by molar-refractivity contribution is -0.120. The number of amides is 2. The van der Waals surface area contributed by atoms with Gasteiger partial charge in [0.15, 0.2) is 5.13 Å². The third kappa shape index (κ3) is 6.75. The number of para-hydroxylation sites is 1. The van der Waals surface area contributed by atoms with Crippen molar-refractivity contribution in [2.75, 3.05) is 25.5 Å². The first-order chi connectivity index (χ1) is 15.5. The Kier molecular flexibility index (Phi) is 8.56. The lowest BCUT2D eigenvalue weighted by Gasteiger charge is -2.26. The van der Waals surface area contributed by atoms with Crippen LogP contribution in [0.4, 0.5) is 15.2 Å². The fourth-order valence-electron chi connectivity index (χ4n) is 3.53. The third-order valence-corrected chi connectivity index (χ3v) is 6.19.